The molecule has 0 heterocycles. The largest absolute Gasteiger partial charge is 0.355 e. The molecule has 0 aromatic rings. The minimum absolute atomic E-state index is 0.151. The van der Waals surface area contributed by atoms with Crippen molar-refractivity contribution in [3.05, 3.63) is 0 Å². The fourth-order valence-corrected chi connectivity index (χ4v) is 1.94. The molecule has 0 aromatic heterocycles. The minimum Gasteiger partial charge on any atom is -0.355 e. The summed E-state index contributed by atoms with van der Waals surface area (Å²) in [4.78, 5) is 11.4. The van der Waals surface area contributed by atoms with Crippen LogP contribution in [0.15, 0.2) is 0 Å². The minimum atomic E-state index is 0.151. The van der Waals surface area contributed by atoms with Gasteiger partial charge in [-0.05, 0) is 43.1 Å². The zero-order chi connectivity index (χ0) is 10.9. The first-order valence-corrected chi connectivity index (χ1v) is 6.05. The summed E-state index contributed by atoms with van der Waals surface area (Å²) in [5, 5.41) is 6.19. The lowest BCUT2D eigenvalue weighted by atomic mass is 10.1. The van der Waals surface area contributed by atoms with E-state index < -0.39 is 0 Å². The van der Waals surface area contributed by atoms with Gasteiger partial charge in [0, 0.05) is 6.54 Å². The van der Waals surface area contributed by atoms with Crippen molar-refractivity contribution in [2.24, 2.45) is 17.3 Å². The van der Waals surface area contributed by atoms with Gasteiger partial charge in [-0.15, -0.1) is 0 Å². The van der Waals surface area contributed by atoms with Gasteiger partial charge in [0.1, 0.15) is 0 Å². The molecule has 2 fully saturated rings. The van der Waals surface area contributed by atoms with E-state index in [4.69, 9.17) is 0 Å². The van der Waals surface area contributed by atoms with Crippen LogP contribution < -0.4 is 10.6 Å². The fraction of sp³-hybridized carbons (Fsp3) is 0.917. The highest BCUT2D eigenvalue weighted by Gasteiger charge is 2.45. The van der Waals surface area contributed by atoms with Crippen LogP contribution >= 0.6 is 0 Å². The van der Waals surface area contributed by atoms with E-state index >= 15 is 0 Å². The van der Waals surface area contributed by atoms with Gasteiger partial charge in [0.2, 0.25) is 5.91 Å². The standard InChI is InChI=1S/C12H22N2O/c1-12(2)5-10(12)7-14-11(15)8-13-6-9-3-4-9/h9-10,13H,3-8H2,1-2H3,(H,14,15). The van der Waals surface area contributed by atoms with E-state index in [1.165, 1.54) is 19.3 Å². The molecule has 2 N–H and O–H groups in total. The summed E-state index contributed by atoms with van der Waals surface area (Å²) in [5.74, 6) is 1.70. The maximum absolute atomic E-state index is 11.4. The first kappa shape index (κ1) is 10.9. The molecule has 15 heavy (non-hydrogen) atoms. The van der Waals surface area contributed by atoms with Gasteiger partial charge >= 0.3 is 0 Å². The van der Waals surface area contributed by atoms with E-state index in [0.717, 1.165) is 19.0 Å². The molecule has 0 radical (unpaired) electrons. The summed E-state index contributed by atoms with van der Waals surface area (Å²) in [5.41, 5.74) is 0.467. The predicted molar refractivity (Wildman–Crippen MR) is 60.5 cm³/mol. The summed E-state index contributed by atoms with van der Waals surface area (Å²) in [6, 6.07) is 0. The Morgan fingerprint density at radius 3 is 2.53 bits per heavy atom. The third-order valence-electron chi connectivity index (χ3n) is 3.68. The summed E-state index contributed by atoms with van der Waals surface area (Å²) in [7, 11) is 0. The molecule has 1 atom stereocenters. The molecule has 0 bridgehead atoms. The van der Waals surface area contributed by atoms with E-state index in [1.807, 2.05) is 0 Å². The lowest BCUT2D eigenvalue weighted by Crippen LogP contribution is -2.36. The zero-order valence-corrected chi connectivity index (χ0v) is 9.81. The van der Waals surface area contributed by atoms with Crippen LogP contribution in [-0.4, -0.2) is 25.5 Å². The second-order valence-corrected chi connectivity index (χ2v) is 5.77. The van der Waals surface area contributed by atoms with Gasteiger partial charge in [-0.2, -0.15) is 0 Å². The maximum atomic E-state index is 11.4. The van der Waals surface area contributed by atoms with Crippen molar-refractivity contribution in [1.82, 2.24) is 10.6 Å². The van der Waals surface area contributed by atoms with Gasteiger partial charge in [0.05, 0.1) is 6.54 Å². The number of hydrogen-bond acceptors (Lipinski definition) is 2. The van der Waals surface area contributed by atoms with Crippen molar-refractivity contribution in [1.29, 1.82) is 0 Å². The second kappa shape index (κ2) is 4.12. The summed E-state index contributed by atoms with van der Waals surface area (Å²) < 4.78 is 0. The Morgan fingerprint density at radius 2 is 2.00 bits per heavy atom. The lowest BCUT2D eigenvalue weighted by molar-refractivity contribution is -0.120. The summed E-state index contributed by atoms with van der Waals surface area (Å²) >= 11 is 0. The van der Waals surface area contributed by atoms with Gasteiger partial charge in [-0.1, -0.05) is 13.8 Å². The number of carbonyl (C=O) groups is 1. The first-order chi connectivity index (χ1) is 7.08. The molecular formula is C12H22N2O. The molecule has 2 rings (SSSR count). The van der Waals surface area contributed by atoms with Crippen molar-refractivity contribution in [3.8, 4) is 0 Å². The van der Waals surface area contributed by atoms with Crippen LogP contribution in [0.1, 0.15) is 33.1 Å². The quantitative estimate of drug-likeness (QED) is 0.690. The number of amides is 1. The van der Waals surface area contributed by atoms with Crippen LogP contribution in [0.2, 0.25) is 0 Å². The fourth-order valence-electron chi connectivity index (χ4n) is 1.94. The predicted octanol–water partition coefficient (Wildman–Crippen LogP) is 1.15. The number of carbonyl (C=O) groups excluding carboxylic acids is 1. The van der Waals surface area contributed by atoms with Crippen LogP contribution in [-0.2, 0) is 4.79 Å². The Bertz CT molecular complexity index is 246. The van der Waals surface area contributed by atoms with Crippen LogP contribution in [0.5, 0.6) is 0 Å². The molecule has 1 unspecified atom stereocenters. The maximum Gasteiger partial charge on any atom is 0.233 e. The Balaban J connectivity index is 1.49. The molecule has 0 aliphatic heterocycles. The molecule has 2 aliphatic carbocycles. The molecule has 1 amide bonds. The van der Waals surface area contributed by atoms with Crippen LogP contribution in [0, 0.1) is 17.3 Å². The third-order valence-corrected chi connectivity index (χ3v) is 3.68. The van der Waals surface area contributed by atoms with Crippen LogP contribution in [0.4, 0.5) is 0 Å². The topological polar surface area (TPSA) is 41.1 Å². The number of nitrogens with one attached hydrogen (secondary N) is 2. The SMILES string of the molecule is CC1(C)CC1CNC(=O)CNCC1CC1. The Kier molecular flexibility index (Phi) is 3.01. The smallest absolute Gasteiger partial charge is 0.233 e. The van der Waals surface area contributed by atoms with E-state index in [0.29, 0.717) is 17.9 Å². The highest BCUT2D eigenvalue weighted by molar-refractivity contribution is 5.78. The van der Waals surface area contributed by atoms with Crippen LogP contribution in [0.25, 0.3) is 0 Å². The molecule has 2 aliphatic rings. The molecule has 2 saturated carbocycles. The Morgan fingerprint density at radius 1 is 1.33 bits per heavy atom. The highest BCUT2D eigenvalue weighted by Crippen LogP contribution is 2.50. The number of hydrogen-bond donors (Lipinski definition) is 2. The molecule has 0 saturated heterocycles. The first-order valence-electron chi connectivity index (χ1n) is 6.05. The molecule has 3 nitrogen and oxygen atoms in total. The molecule has 0 aromatic carbocycles. The average molecular weight is 210 g/mol. The average Bonchev–Trinajstić information content (AvgIpc) is 3.02. The normalized spacial score (nSPS) is 27.5. The van der Waals surface area contributed by atoms with Gasteiger partial charge < -0.3 is 10.6 Å². The number of rotatable bonds is 6. The van der Waals surface area contributed by atoms with Crippen molar-refractivity contribution < 1.29 is 4.79 Å². The Labute approximate surface area is 92.0 Å². The van der Waals surface area contributed by atoms with Crippen molar-refractivity contribution in [2.75, 3.05) is 19.6 Å². The highest BCUT2D eigenvalue weighted by atomic mass is 16.1. The van der Waals surface area contributed by atoms with Crippen LogP contribution in [0.3, 0.4) is 0 Å². The molecule has 3 heteroatoms. The van der Waals surface area contributed by atoms with Gasteiger partial charge in [0.15, 0.2) is 0 Å². The second-order valence-electron chi connectivity index (χ2n) is 5.77. The zero-order valence-electron chi connectivity index (χ0n) is 9.81. The van der Waals surface area contributed by atoms with E-state index in [9.17, 15) is 4.79 Å². The summed E-state index contributed by atoms with van der Waals surface area (Å²) in [6.07, 6.45) is 3.93. The molecule has 86 valence electrons. The lowest BCUT2D eigenvalue weighted by Gasteiger charge is -2.07. The van der Waals surface area contributed by atoms with E-state index in [1.54, 1.807) is 0 Å². The van der Waals surface area contributed by atoms with E-state index in [2.05, 4.69) is 24.5 Å². The van der Waals surface area contributed by atoms with Crippen molar-refractivity contribution >= 4 is 5.91 Å². The summed E-state index contributed by atoms with van der Waals surface area (Å²) in [6.45, 7) is 6.88. The molecular weight excluding hydrogens is 188 g/mol. The van der Waals surface area contributed by atoms with Gasteiger partial charge in [-0.25, -0.2) is 0 Å². The van der Waals surface area contributed by atoms with Crippen molar-refractivity contribution in [3.63, 3.8) is 0 Å². The Hall–Kier alpha value is -0.570. The van der Waals surface area contributed by atoms with Gasteiger partial charge in [-0.3, -0.25) is 4.79 Å². The molecule has 0 spiro atoms. The van der Waals surface area contributed by atoms with Crippen molar-refractivity contribution in [2.45, 2.75) is 33.1 Å². The third kappa shape index (κ3) is 3.49. The monoisotopic (exact) mass is 210 g/mol. The van der Waals surface area contributed by atoms with E-state index in [-0.39, 0.29) is 5.91 Å². The van der Waals surface area contributed by atoms with Gasteiger partial charge in [0.25, 0.3) is 0 Å².